The molecule has 0 spiro atoms. The number of fused-ring (bicyclic) bond motifs is 10. The average molecular weight is 1540 g/mol. The number of esters is 5. The fourth-order valence-corrected chi connectivity index (χ4v) is 19.1. The average Bonchev–Trinajstić information content (AvgIpc) is 1.59. The molecular weight excluding hydrogens is 1420 g/mol. The van der Waals surface area contributed by atoms with Crippen LogP contribution in [0.3, 0.4) is 0 Å². The lowest BCUT2D eigenvalue weighted by molar-refractivity contribution is -0.148. The number of hydrogen-bond donors (Lipinski definition) is 0. The molecule has 0 radical (unpaired) electrons. The molecule has 11 rings (SSSR count). The zero-order valence-electron chi connectivity index (χ0n) is 65.7. The monoisotopic (exact) mass is 1540 g/mol. The van der Waals surface area contributed by atoms with E-state index in [4.69, 9.17) is 23.7 Å². The van der Waals surface area contributed by atoms with Crippen LogP contribution in [0.4, 0.5) is 0 Å². The molecule has 6 fully saturated rings. The van der Waals surface area contributed by atoms with E-state index in [-0.39, 0.29) is 79.3 Å². The molecule has 12 atom stereocenters. The van der Waals surface area contributed by atoms with Crippen molar-refractivity contribution in [1.82, 2.24) is 24.5 Å². The van der Waals surface area contributed by atoms with Gasteiger partial charge in [0.1, 0.15) is 0 Å². The maximum absolute atomic E-state index is 12.3. The minimum Gasteiger partial charge on any atom is -0.466 e. The van der Waals surface area contributed by atoms with Crippen molar-refractivity contribution in [2.45, 2.75) is 245 Å². The van der Waals surface area contributed by atoms with Gasteiger partial charge in [-0.2, -0.15) is 0 Å². The minimum absolute atomic E-state index is 0.00391. The summed E-state index contributed by atoms with van der Waals surface area (Å²) in [7, 11) is 0. The largest absolute Gasteiger partial charge is 0.466 e. The van der Waals surface area contributed by atoms with Crippen molar-refractivity contribution in [3.05, 3.63) is 60.8 Å². The van der Waals surface area contributed by atoms with Gasteiger partial charge < -0.3 is 23.7 Å². The molecule has 5 heterocycles. The molecule has 6 saturated carbocycles. The summed E-state index contributed by atoms with van der Waals surface area (Å²) in [6.07, 6.45) is 47.4. The number of carbonyl (C=O) groups is 15. The number of nitrogens with zero attached hydrogens (tertiary/aromatic N) is 5. The molecule has 610 valence electrons. The zero-order chi connectivity index (χ0) is 79.2. The summed E-state index contributed by atoms with van der Waals surface area (Å²) in [6.45, 7) is 8.11. The Labute approximate surface area is 654 Å². The summed E-state index contributed by atoms with van der Waals surface area (Å²) in [5.74, 6) is 2.74. The van der Waals surface area contributed by atoms with Crippen molar-refractivity contribution >= 4 is 88.9 Å². The smallest absolute Gasteiger partial charge is 0.307 e. The molecule has 0 aromatic carbocycles. The van der Waals surface area contributed by atoms with Gasteiger partial charge in [0.05, 0.1) is 45.9 Å². The van der Waals surface area contributed by atoms with Crippen molar-refractivity contribution in [3.63, 3.8) is 0 Å². The molecule has 10 amide bonds. The predicted octanol–water partition coefficient (Wildman–Crippen LogP) is 11.5. The lowest BCUT2D eigenvalue weighted by Crippen LogP contribution is -2.33. The van der Waals surface area contributed by atoms with E-state index in [2.05, 4.69) is 13.8 Å². The molecule has 0 N–H and O–H groups in total. The Kier molecular flexibility index (Phi) is 35.0. The molecule has 5 aliphatic heterocycles. The molecule has 4 bridgehead atoms. The van der Waals surface area contributed by atoms with E-state index < -0.39 is 35.6 Å². The minimum atomic E-state index is -0.402. The number of carbonyl (C=O) groups excluding carboxylic acids is 15. The first-order chi connectivity index (χ1) is 53.6. The highest BCUT2D eigenvalue weighted by molar-refractivity contribution is 6.15. The molecule has 0 aromatic heterocycles. The van der Waals surface area contributed by atoms with Gasteiger partial charge in [-0.1, -0.05) is 117 Å². The van der Waals surface area contributed by atoms with E-state index in [1.807, 2.05) is 0 Å². The quantitative estimate of drug-likeness (QED) is 0.0236. The summed E-state index contributed by atoms with van der Waals surface area (Å²) in [4.78, 5) is 182. The number of amides is 10. The van der Waals surface area contributed by atoms with Crippen LogP contribution in [0.5, 0.6) is 0 Å². The van der Waals surface area contributed by atoms with E-state index in [0.29, 0.717) is 169 Å². The van der Waals surface area contributed by atoms with E-state index >= 15 is 0 Å². The van der Waals surface area contributed by atoms with Crippen LogP contribution < -0.4 is 0 Å². The fraction of sp³-hybridized carbons (Fsp3) is 0.709. The standard InChI is InChI=1S/C32H42N2O8.C28H49NO4.C26H30N2O8/c35-27-9-10-28(36)33(27)13-5-1-3-7-31(39)41-19-21-15-24-22-17-23(25(18-22)26(24)16-21)20-42-32(40)8-4-2-6-14-34-29(37)11-12-30(34)38;1-25(2)19-15-12-10-8-6-4-3-5-7-9-11-13-18-24-33-28(32)20-16-14-17-23-29-26(30)21-22-27(29)31;29-21-1-2-22(30)27(21)7-5-25(33)35-13-15-9-18-16-11-17(19(12-16)20(18)10-15)14-36-26(34)6-8-28-23(31)3-4-24(28)32/h9-12,21-26H,1-8,13-20H2;21-22,25H,3-20,23-24H2,1-2H3;1-4,15-20H,5-14H2. The molecule has 11 aliphatic rings. The summed E-state index contributed by atoms with van der Waals surface area (Å²) in [6, 6.07) is 0. The first kappa shape index (κ1) is 86.7. The van der Waals surface area contributed by atoms with Gasteiger partial charge in [0.15, 0.2) is 0 Å². The van der Waals surface area contributed by atoms with Crippen LogP contribution in [-0.4, -0.2) is 179 Å². The number of hydrogen-bond acceptors (Lipinski definition) is 20. The molecule has 6 aliphatic carbocycles. The third-order valence-corrected chi connectivity index (χ3v) is 24.8. The Bertz CT molecular complexity index is 3360. The Morgan fingerprint density at radius 3 is 0.865 bits per heavy atom. The van der Waals surface area contributed by atoms with Crippen molar-refractivity contribution < 1.29 is 95.6 Å². The van der Waals surface area contributed by atoms with Gasteiger partial charge >= 0.3 is 29.8 Å². The van der Waals surface area contributed by atoms with E-state index in [9.17, 15) is 71.9 Å². The first-order valence-corrected chi connectivity index (χ1v) is 42.1. The number of unbranched alkanes of at least 4 members (excludes halogenated alkanes) is 18. The van der Waals surface area contributed by atoms with Crippen LogP contribution in [0, 0.1) is 76.9 Å². The van der Waals surface area contributed by atoms with Crippen LogP contribution in [0.1, 0.15) is 245 Å². The molecular formula is C86H121N5O20. The van der Waals surface area contributed by atoms with Crippen LogP contribution in [0.15, 0.2) is 60.8 Å². The third-order valence-electron chi connectivity index (χ3n) is 24.8. The zero-order valence-corrected chi connectivity index (χ0v) is 65.7. The van der Waals surface area contributed by atoms with Crippen LogP contribution in [-0.2, 0) is 95.6 Å². The highest BCUT2D eigenvalue weighted by Gasteiger charge is 2.57. The van der Waals surface area contributed by atoms with E-state index in [0.717, 1.165) is 106 Å². The Balaban J connectivity index is 0.000000193. The van der Waals surface area contributed by atoms with Crippen LogP contribution in [0.2, 0.25) is 0 Å². The maximum atomic E-state index is 12.3. The first-order valence-electron chi connectivity index (χ1n) is 42.1. The van der Waals surface area contributed by atoms with E-state index in [1.54, 1.807) is 0 Å². The second kappa shape index (κ2) is 44.9. The van der Waals surface area contributed by atoms with Gasteiger partial charge in [-0.15, -0.1) is 0 Å². The second-order valence-corrected chi connectivity index (χ2v) is 33.1. The van der Waals surface area contributed by atoms with Gasteiger partial charge in [-0.05, 0) is 173 Å². The summed E-state index contributed by atoms with van der Waals surface area (Å²) in [5.41, 5.74) is 0. The van der Waals surface area contributed by atoms with Crippen LogP contribution in [0.25, 0.3) is 0 Å². The van der Waals surface area contributed by atoms with Crippen molar-refractivity contribution in [2.24, 2.45) is 76.9 Å². The highest BCUT2D eigenvalue weighted by Crippen LogP contribution is 2.63. The van der Waals surface area contributed by atoms with Gasteiger partial charge in [0.2, 0.25) is 0 Å². The molecule has 12 unspecified atom stereocenters. The summed E-state index contributed by atoms with van der Waals surface area (Å²) >= 11 is 0. The molecule has 111 heavy (non-hydrogen) atoms. The van der Waals surface area contributed by atoms with Crippen molar-refractivity contribution in [2.75, 3.05) is 65.8 Å². The maximum Gasteiger partial charge on any atom is 0.307 e. The Morgan fingerprint density at radius 1 is 0.279 bits per heavy atom. The van der Waals surface area contributed by atoms with E-state index in [1.165, 1.54) is 159 Å². The molecule has 0 saturated heterocycles. The Hall–Kier alpha value is -8.25. The van der Waals surface area contributed by atoms with Gasteiger partial charge in [0, 0.05) is 113 Å². The van der Waals surface area contributed by atoms with Gasteiger partial charge in [0.25, 0.3) is 59.1 Å². The van der Waals surface area contributed by atoms with Gasteiger partial charge in [-0.3, -0.25) is 96.4 Å². The fourth-order valence-electron chi connectivity index (χ4n) is 19.1. The lowest BCUT2D eigenvalue weighted by atomic mass is 9.76. The summed E-state index contributed by atoms with van der Waals surface area (Å²) < 4.78 is 27.6. The Morgan fingerprint density at radius 2 is 0.541 bits per heavy atom. The second-order valence-electron chi connectivity index (χ2n) is 33.1. The molecule has 0 aromatic rings. The molecule has 25 heteroatoms. The SMILES string of the molecule is CC(C)CCCCCCCCCCCCCCCOC(=O)CCCCCN1C(=O)C=CC1=O.O=C(CCCCCN1C(=O)C=CC1=O)OCC1CC2C3CC(COC(=O)CCCCCN4C(=O)C=CC4=O)C(C3)C2C1.O=C(CCN1C(=O)C=CC1=O)OCC1CC2C3CC(COC(=O)CCN4C(=O)C=CC4=O)C(C3)C2C1. The topological polar surface area (TPSA) is 318 Å². The molecule has 25 nitrogen and oxygen atoms in total. The van der Waals surface area contributed by atoms with Crippen molar-refractivity contribution in [3.8, 4) is 0 Å². The van der Waals surface area contributed by atoms with Gasteiger partial charge in [-0.25, -0.2) is 0 Å². The normalized spacial score (nSPS) is 25.6. The van der Waals surface area contributed by atoms with Crippen molar-refractivity contribution in [1.29, 1.82) is 0 Å². The predicted molar refractivity (Wildman–Crippen MR) is 407 cm³/mol. The number of ether oxygens (including phenoxy) is 5. The van der Waals surface area contributed by atoms with Crippen LogP contribution >= 0.6 is 0 Å². The third kappa shape index (κ3) is 27.0. The lowest BCUT2D eigenvalue weighted by Gasteiger charge is -2.31. The number of rotatable bonds is 48. The number of imide groups is 5. The highest BCUT2D eigenvalue weighted by atomic mass is 16.5. The summed E-state index contributed by atoms with van der Waals surface area (Å²) in [5, 5.41) is 0.